The summed E-state index contributed by atoms with van der Waals surface area (Å²) in [6.45, 7) is 2.51. The van der Waals surface area contributed by atoms with Crippen molar-refractivity contribution in [1.29, 1.82) is 0 Å². The average molecular weight is 301 g/mol. The minimum atomic E-state index is -0.220. The molecule has 0 aliphatic carbocycles. The summed E-state index contributed by atoms with van der Waals surface area (Å²) in [4.78, 5) is 28.0. The number of likely N-dealkylation sites (tertiary alicyclic amines) is 1. The molecule has 3 rings (SSSR count). The Balaban J connectivity index is 1.67. The van der Waals surface area contributed by atoms with E-state index < -0.39 is 0 Å². The van der Waals surface area contributed by atoms with Gasteiger partial charge in [0.25, 0.3) is 5.91 Å². The third-order valence-electron chi connectivity index (χ3n) is 3.96. The lowest BCUT2D eigenvalue weighted by Gasteiger charge is -2.25. The van der Waals surface area contributed by atoms with Crippen LogP contribution in [-0.4, -0.2) is 35.4 Å². The molecule has 0 bridgehead atoms. The highest BCUT2D eigenvalue weighted by atomic mass is 16.3. The second kappa shape index (κ2) is 6.62. The summed E-state index contributed by atoms with van der Waals surface area (Å²) >= 11 is 0. The molecular formula is C16H19N3O3. The number of nitrogens with zero attached hydrogens (tertiary/aromatic N) is 1. The SMILES string of the molecule is O=C(NCC(c1ccco1)N1CCCC1)c1ccc(=O)[nH]c1. The highest BCUT2D eigenvalue weighted by Gasteiger charge is 2.26. The molecule has 0 radical (unpaired) electrons. The van der Waals surface area contributed by atoms with Gasteiger partial charge in [0.2, 0.25) is 5.56 Å². The molecule has 0 saturated carbocycles. The molecule has 22 heavy (non-hydrogen) atoms. The third-order valence-corrected chi connectivity index (χ3v) is 3.96. The average Bonchev–Trinajstić information content (AvgIpc) is 3.22. The fourth-order valence-electron chi connectivity index (χ4n) is 2.79. The van der Waals surface area contributed by atoms with Crippen molar-refractivity contribution in [2.24, 2.45) is 0 Å². The van der Waals surface area contributed by atoms with Crippen LogP contribution < -0.4 is 10.9 Å². The van der Waals surface area contributed by atoms with Crippen molar-refractivity contribution in [3.63, 3.8) is 0 Å². The molecule has 6 heteroatoms. The maximum atomic E-state index is 12.2. The highest BCUT2D eigenvalue weighted by molar-refractivity contribution is 5.93. The Morgan fingerprint density at radius 1 is 1.32 bits per heavy atom. The fraction of sp³-hybridized carbons (Fsp3) is 0.375. The van der Waals surface area contributed by atoms with Crippen molar-refractivity contribution < 1.29 is 9.21 Å². The van der Waals surface area contributed by atoms with Crippen LogP contribution in [0.2, 0.25) is 0 Å². The van der Waals surface area contributed by atoms with Crippen molar-refractivity contribution >= 4 is 5.91 Å². The van der Waals surface area contributed by atoms with Gasteiger partial charge in [-0.05, 0) is 44.1 Å². The van der Waals surface area contributed by atoms with E-state index in [1.165, 1.54) is 31.2 Å². The zero-order valence-electron chi connectivity index (χ0n) is 12.2. The van der Waals surface area contributed by atoms with Crippen LogP contribution in [0.5, 0.6) is 0 Å². The van der Waals surface area contributed by atoms with Crippen LogP contribution in [0, 0.1) is 0 Å². The Bertz CT molecular complexity index is 652. The second-order valence-electron chi connectivity index (χ2n) is 5.43. The van der Waals surface area contributed by atoms with Crippen LogP contribution in [0.3, 0.4) is 0 Å². The van der Waals surface area contributed by atoms with Crippen LogP contribution >= 0.6 is 0 Å². The third kappa shape index (κ3) is 3.28. The van der Waals surface area contributed by atoms with Gasteiger partial charge in [0.1, 0.15) is 5.76 Å². The van der Waals surface area contributed by atoms with E-state index >= 15 is 0 Å². The summed E-state index contributed by atoms with van der Waals surface area (Å²) in [5.74, 6) is 0.663. The molecule has 2 aromatic rings. The van der Waals surface area contributed by atoms with E-state index in [1.807, 2.05) is 12.1 Å². The van der Waals surface area contributed by atoms with Crippen molar-refractivity contribution in [2.75, 3.05) is 19.6 Å². The number of pyridine rings is 1. The molecule has 1 fully saturated rings. The first-order valence-electron chi connectivity index (χ1n) is 7.48. The summed E-state index contributed by atoms with van der Waals surface area (Å²) in [5, 5.41) is 2.92. The number of amides is 1. The molecule has 1 atom stereocenters. The fourth-order valence-corrected chi connectivity index (χ4v) is 2.79. The van der Waals surface area contributed by atoms with Crippen LogP contribution in [0.1, 0.15) is 35.0 Å². The van der Waals surface area contributed by atoms with Gasteiger partial charge in [0, 0.05) is 18.8 Å². The predicted molar refractivity (Wildman–Crippen MR) is 81.7 cm³/mol. The maximum Gasteiger partial charge on any atom is 0.252 e. The second-order valence-corrected chi connectivity index (χ2v) is 5.43. The zero-order valence-corrected chi connectivity index (χ0v) is 12.2. The predicted octanol–water partition coefficient (Wildman–Crippen LogP) is 1.53. The number of nitrogens with one attached hydrogen (secondary N) is 2. The van der Waals surface area contributed by atoms with Gasteiger partial charge in [-0.1, -0.05) is 0 Å². The number of carbonyl (C=O) groups is 1. The largest absolute Gasteiger partial charge is 0.468 e. The Labute approximate surface area is 128 Å². The maximum absolute atomic E-state index is 12.2. The molecule has 1 amide bonds. The molecule has 0 aromatic carbocycles. The van der Waals surface area contributed by atoms with Gasteiger partial charge in [-0.3, -0.25) is 14.5 Å². The Morgan fingerprint density at radius 2 is 2.14 bits per heavy atom. The first-order valence-corrected chi connectivity index (χ1v) is 7.48. The molecule has 1 aliphatic heterocycles. The number of aromatic amines is 1. The van der Waals surface area contributed by atoms with E-state index in [2.05, 4.69) is 15.2 Å². The number of aromatic nitrogens is 1. The number of hydrogen-bond donors (Lipinski definition) is 2. The van der Waals surface area contributed by atoms with E-state index in [0.717, 1.165) is 18.8 Å². The van der Waals surface area contributed by atoms with Crippen molar-refractivity contribution in [2.45, 2.75) is 18.9 Å². The summed E-state index contributed by atoms with van der Waals surface area (Å²) in [6.07, 6.45) is 5.42. The van der Waals surface area contributed by atoms with Crippen LogP contribution in [0.25, 0.3) is 0 Å². The molecule has 116 valence electrons. The Hall–Kier alpha value is -2.34. The normalized spacial score (nSPS) is 16.5. The lowest BCUT2D eigenvalue weighted by atomic mass is 10.2. The van der Waals surface area contributed by atoms with Gasteiger partial charge < -0.3 is 14.7 Å². The van der Waals surface area contributed by atoms with Gasteiger partial charge in [0.05, 0.1) is 17.9 Å². The quantitative estimate of drug-likeness (QED) is 0.878. The van der Waals surface area contributed by atoms with Gasteiger partial charge >= 0.3 is 0 Å². The lowest BCUT2D eigenvalue weighted by molar-refractivity contribution is 0.0933. The van der Waals surface area contributed by atoms with Gasteiger partial charge in [0.15, 0.2) is 0 Å². The first kappa shape index (κ1) is 14.6. The molecule has 1 aliphatic rings. The summed E-state index contributed by atoms with van der Waals surface area (Å²) < 4.78 is 5.52. The summed E-state index contributed by atoms with van der Waals surface area (Å²) in [7, 11) is 0. The number of rotatable bonds is 5. The number of hydrogen-bond acceptors (Lipinski definition) is 4. The van der Waals surface area contributed by atoms with Crippen LogP contribution in [0.4, 0.5) is 0 Å². The monoisotopic (exact) mass is 301 g/mol. The van der Waals surface area contributed by atoms with E-state index in [0.29, 0.717) is 12.1 Å². The van der Waals surface area contributed by atoms with E-state index in [-0.39, 0.29) is 17.5 Å². The molecule has 2 N–H and O–H groups in total. The topological polar surface area (TPSA) is 78.3 Å². The first-order chi connectivity index (χ1) is 10.7. The van der Waals surface area contributed by atoms with Gasteiger partial charge in [-0.15, -0.1) is 0 Å². The molecular weight excluding hydrogens is 282 g/mol. The van der Waals surface area contributed by atoms with Crippen LogP contribution in [0.15, 0.2) is 45.9 Å². The Morgan fingerprint density at radius 3 is 2.77 bits per heavy atom. The smallest absolute Gasteiger partial charge is 0.252 e. The van der Waals surface area contributed by atoms with E-state index in [4.69, 9.17) is 4.42 Å². The molecule has 6 nitrogen and oxygen atoms in total. The van der Waals surface area contributed by atoms with Gasteiger partial charge in [-0.2, -0.15) is 0 Å². The molecule has 2 aromatic heterocycles. The summed E-state index contributed by atoms with van der Waals surface area (Å²) in [6, 6.07) is 6.71. The van der Waals surface area contributed by atoms with E-state index in [9.17, 15) is 9.59 Å². The molecule has 1 saturated heterocycles. The minimum absolute atomic E-state index is 0.0456. The minimum Gasteiger partial charge on any atom is -0.468 e. The number of H-pyrrole nitrogens is 1. The van der Waals surface area contributed by atoms with Crippen LogP contribution in [-0.2, 0) is 0 Å². The standard InChI is InChI=1S/C16H19N3O3/c20-15-6-5-12(10-17-15)16(21)18-11-13(14-4-3-9-22-14)19-7-1-2-8-19/h3-6,9-10,13H,1-2,7-8,11H2,(H,17,20)(H,18,21). The lowest BCUT2D eigenvalue weighted by Crippen LogP contribution is -2.36. The van der Waals surface area contributed by atoms with Crippen molar-refractivity contribution in [3.8, 4) is 0 Å². The number of carbonyl (C=O) groups excluding carboxylic acids is 1. The number of furan rings is 1. The van der Waals surface area contributed by atoms with Crippen molar-refractivity contribution in [3.05, 3.63) is 58.4 Å². The van der Waals surface area contributed by atoms with E-state index in [1.54, 1.807) is 6.26 Å². The zero-order chi connectivity index (χ0) is 15.4. The Kier molecular flexibility index (Phi) is 4.39. The van der Waals surface area contributed by atoms with Gasteiger partial charge in [-0.25, -0.2) is 0 Å². The van der Waals surface area contributed by atoms with Crippen molar-refractivity contribution in [1.82, 2.24) is 15.2 Å². The highest BCUT2D eigenvalue weighted by Crippen LogP contribution is 2.24. The molecule has 1 unspecified atom stereocenters. The molecule has 3 heterocycles. The molecule has 0 spiro atoms. The summed E-state index contributed by atoms with van der Waals surface area (Å²) in [5.41, 5.74) is 0.223.